The summed E-state index contributed by atoms with van der Waals surface area (Å²) >= 11 is 10.6. The Labute approximate surface area is 190 Å². The average Bonchev–Trinajstić information content (AvgIpc) is 3.44. The molecule has 0 saturated heterocycles. The smallest absolute Gasteiger partial charge is 0.148 e. The SMILES string of the molecule is Cc1ccc(-c2nc(CSc3nc(Cl)c(C#N)c(-c4cncs4)c3C#N)cs2)cc1. The molecular formula is C21H12ClN5S3. The summed E-state index contributed by atoms with van der Waals surface area (Å²) in [6.07, 6.45) is 1.63. The van der Waals surface area contributed by atoms with Crippen LogP contribution in [0.1, 0.15) is 22.4 Å². The number of thiazole rings is 2. The molecule has 146 valence electrons. The van der Waals surface area contributed by atoms with Crippen LogP contribution >= 0.6 is 46.0 Å². The Balaban J connectivity index is 1.64. The molecule has 0 aliphatic carbocycles. The van der Waals surface area contributed by atoms with Crippen LogP contribution in [0.5, 0.6) is 0 Å². The van der Waals surface area contributed by atoms with Gasteiger partial charge in [-0.1, -0.05) is 53.2 Å². The highest BCUT2D eigenvalue weighted by Crippen LogP contribution is 2.38. The molecule has 0 radical (unpaired) electrons. The third-order valence-electron chi connectivity index (χ3n) is 4.23. The minimum atomic E-state index is 0.0843. The second-order valence-electron chi connectivity index (χ2n) is 6.22. The van der Waals surface area contributed by atoms with E-state index in [4.69, 9.17) is 16.6 Å². The van der Waals surface area contributed by atoms with Gasteiger partial charge in [-0.2, -0.15) is 10.5 Å². The second kappa shape index (κ2) is 8.95. The monoisotopic (exact) mass is 465 g/mol. The number of nitrogens with zero attached hydrogens (tertiary/aromatic N) is 5. The Kier molecular flexibility index (Phi) is 6.12. The van der Waals surface area contributed by atoms with Gasteiger partial charge in [0.25, 0.3) is 0 Å². The highest BCUT2D eigenvalue weighted by atomic mass is 35.5. The lowest BCUT2D eigenvalue weighted by Crippen LogP contribution is -1.98. The third-order valence-corrected chi connectivity index (χ3v) is 7.24. The van der Waals surface area contributed by atoms with Crippen molar-refractivity contribution in [2.45, 2.75) is 17.7 Å². The van der Waals surface area contributed by atoms with Gasteiger partial charge < -0.3 is 0 Å². The second-order valence-corrected chi connectivity index (χ2v) is 9.29. The maximum absolute atomic E-state index is 9.80. The lowest BCUT2D eigenvalue weighted by Gasteiger charge is -2.10. The van der Waals surface area contributed by atoms with Crippen molar-refractivity contribution in [3.05, 3.63) is 68.9 Å². The van der Waals surface area contributed by atoms with E-state index in [1.165, 1.54) is 28.7 Å². The van der Waals surface area contributed by atoms with Crippen molar-refractivity contribution in [3.8, 4) is 33.2 Å². The molecule has 4 aromatic rings. The molecule has 9 heteroatoms. The fraction of sp³-hybridized carbons (Fsp3) is 0.0952. The van der Waals surface area contributed by atoms with E-state index in [9.17, 15) is 10.5 Å². The van der Waals surface area contributed by atoms with Gasteiger partial charge >= 0.3 is 0 Å². The number of pyridine rings is 1. The third kappa shape index (κ3) is 4.09. The first-order valence-electron chi connectivity index (χ1n) is 8.67. The molecular weight excluding hydrogens is 454 g/mol. The fourth-order valence-electron chi connectivity index (χ4n) is 2.78. The van der Waals surface area contributed by atoms with Crippen molar-refractivity contribution in [2.24, 2.45) is 0 Å². The summed E-state index contributed by atoms with van der Waals surface area (Å²) in [4.78, 5) is 13.8. The number of rotatable bonds is 5. The van der Waals surface area contributed by atoms with Crippen molar-refractivity contribution in [1.82, 2.24) is 15.0 Å². The van der Waals surface area contributed by atoms with Crippen molar-refractivity contribution in [2.75, 3.05) is 0 Å². The molecule has 0 N–H and O–H groups in total. The highest BCUT2D eigenvalue weighted by molar-refractivity contribution is 7.98. The molecule has 0 atom stereocenters. The number of benzene rings is 1. The molecule has 4 rings (SSSR count). The average molecular weight is 466 g/mol. The number of thioether (sulfide) groups is 1. The number of halogens is 1. The van der Waals surface area contributed by atoms with Crippen LogP contribution in [0, 0.1) is 29.6 Å². The van der Waals surface area contributed by atoms with Gasteiger partial charge in [0, 0.05) is 28.5 Å². The lowest BCUT2D eigenvalue weighted by atomic mass is 10.0. The van der Waals surface area contributed by atoms with Crippen molar-refractivity contribution in [3.63, 3.8) is 0 Å². The predicted molar refractivity (Wildman–Crippen MR) is 122 cm³/mol. The normalized spacial score (nSPS) is 10.5. The molecule has 3 aromatic heterocycles. The standard InChI is InChI=1S/C21H12ClN5S3/c1-12-2-4-13(5-3-12)20-26-14(9-28-20)10-29-21-16(7-24)18(17-8-25-11-30-17)15(6-23)19(22)27-21/h2-5,8-9,11H,10H2,1H3. The van der Waals surface area contributed by atoms with Gasteiger partial charge in [-0.3, -0.25) is 4.98 Å². The topological polar surface area (TPSA) is 86.2 Å². The van der Waals surface area contributed by atoms with E-state index >= 15 is 0 Å². The van der Waals surface area contributed by atoms with Gasteiger partial charge in [0.05, 0.1) is 27.2 Å². The minimum absolute atomic E-state index is 0.0843. The summed E-state index contributed by atoms with van der Waals surface area (Å²) < 4.78 is 0. The van der Waals surface area contributed by atoms with E-state index in [0.29, 0.717) is 26.8 Å². The quantitative estimate of drug-likeness (QED) is 0.253. The van der Waals surface area contributed by atoms with Crippen molar-refractivity contribution < 1.29 is 0 Å². The van der Waals surface area contributed by atoms with Gasteiger partial charge in [-0.25, -0.2) is 9.97 Å². The number of hydrogen-bond donors (Lipinski definition) is 0. The molecule has 0 spiro atoms. The first kappa shape index (κ1) is 20.5. The Morgan fingerprint density at radius 1 is 1.07 bits per heavy atom. The van der Waals surface area contributed by atoms with Crippen LogP contribution in [-0.2, 0) is 5.75 Å². The molecule has 30 heavy (non-hydrogen) atoms. The van der Waals surface area contributed by atoms with Crippen LogP contribution in [-0.4, -0.2) is 15.0 Å². The van der Waals surface area contributed by atoms with Crippen LogP contribution in [0.4, 0.5) is 0 Å². The zero-order valence-electron chi connectivity index (χ0n) is 15.6. The minimum Gasteiger partial charge on any atom is -0.252 e. The summed E-state index contributed by atoms with van der Waals surface area (Å²) in [5.74, 6) is 0.536. The molecule has 0 saturated carbocycles. The maximum atomic E-state index is 9.80. The van der Waals surface area contributed by atoms with E-state index in [-0.39, 0.29) is 10.7 Å². The predicted octanol–water partition coefficient (Wildman–Crippen LogP) is 6.33. The largest absolute Gasteiger partial charge is 0.252 e. The van der Waals surface area contributed by atoms with Crippen molar-refractivity contribution >= 4 is 46.0 Å². The zero-order chi connectivity index (χ0) is 21.1. The molecule has 0 fully saturated rings. The summed E-state index contributed by atoms with van der Waals surface area (Å²) in [6.45, 7) is 2.05. The Hall–Kier alpha value is -2.75. The van der Waals surface area contributed by atoms with Crippen LogP contribution < -0.4 is 0 Å². The number of aromatic nitrogens is 3. The van der Waals surface area contributed by atoms with Gasteiger partial charge in [-0.15, -0.1) is 22.7 Å². The fourth-order valence-corrected chi connectivity index (χ4v) is 5.54. The summed E-state index contributed by atoms with van der Waals surface area (Å²) in [6, 6.07) is 12.5. The van der Waals surface area contributed by atoms with Gasteiger partial charge in [-0.05, 0) is 6.92 Å². The molecule has 0 aliphatic heterocycles. The summed E-state index contributed by atoms with van der Waals surface area (Å²) in [5.41, 5.74) is 5.84. The van der Waals surface area contributed by atoms with Gasteiger partial charge in [0.2, 0.25) is 0 Å². The molecule has 0 amide bonds. The van der Waals surface area contributed by atoms with Crippen LogP contribution in [0.3, 0.4) is 0 Å². The Morgan fingerprint density at radius 2 is 1.83 bits per heavy atom. The molecule has 0 aliphatic rings. The van der Waals surface area contributed by atoms with Crippen molar-refractivity contribution in [1.29, 1.82) is 10.5 Å². The van der Waals surface area contributed by atoms with E-state index in [0.717, 1.165) is 16.3 Å². The van der Waals surface area contributed by atoms with Crippen LogP contribution in [0.25, 0.3) is 21.0 Å². The molecule has 3 heterocycles. The van der Waals surface area contributed by atoms with E-state index in [1.54, 1.807) is 23.0 Å². The van der Waals surface area contributed by atoms with Crippen LogP contribution in [0.15, 0.2) is 46.4 Å². The van der Waals surface area contributed by atoms with E-state index < -0.39 is 0 Å². The molecule has 0 bridgehead atoms. The zero-order valence-corrected chi connectivity index (χ0v) is 18.8. The highest BCUT2D eigenvalue weighted by Gasteiger charge is 2.22. The maximum Gasteiger partial charge on any atom is 0.148 e. The molecule has 5 nitrogen and oxygen atoms in total. The van der Waals surface area contributed by atoms with E-state index in [2.05, 4.69) is 53.3 Å². The molecule has 1 aromatic carbocycles. The first-order chi connectivity index (χ1) is 14.6. The van der Waals surface area contributed by atoms with E-state index in [1.807, 2.05) is 5.38 Å². The van der Waals surface area contributed by atoms with Gasteiger partial charge in [0.15, 0.2) is 0 Å². The lowest BCUT2D eigenvalue weighted by molar-refractivity contribution is 1.10. The summed E-state index contributed by atoms with van der Waals surface area (Å²) in [5, 5.41) is 22.8. The molecule has 0 unspecified atom stereocenters. The number of hydrogen-bond acceptors (Lipinski definition) is 8. The first-order valence-corrected chi connectivity index (χ1v) is 11.8. The Morgan fingerprint density at radius 3 is 2.50 bits per heavy atom. The summed E-state index contributed by atoms with van der Waals surface area (Å²) in [7, 11) is 0. The van der Waals surface area contributed by atoms with Crippen LogP contribution in [0.2, 0.25) is 5.15 Å². The Bertz CT molecular complexity index is 1280. The van der Waals surface area contributed by atoms with Gasteiger partial charge in [0.1, 0.15) is 27.3 Å². The number of nitriles is 2. The number of aryl methyl sites for hydroxylation is 1.